The lowest BCUT2D eigenvalue weighted by Crippen LogP contribution is -2.09. The largest absolute Gasteiger partial charge is 0.471 e. The molecule has 0 atom stereocenters. The van der Waals surface area contributed by atoms with Crippen molar-refractivity contribution in [1.82, 2.24) is 15.3 Å². The van der Waals surface area contributed by atoms with Gasteiger partial charge in [0.15, 0.2) is 5.78 Å². The molecule has 0 fully saturated rings. The Morgan fingerprint density at radius 2 is 2.08 bits per heavy atom. The molecule has 0 aliphatic carbocycles. The first kappa shape index (κ1) is 17.7. The van der Waals surface area contributed by atoms with Crippen LogP contribution in [0.2, 0.25) is 0 Å². The summed E-state index contributed by atoms with van der Waals surface area (Å²) in [5.74, 6) is -3.65. The number of nitrogens with zero attached hydrogens (tertiary/aromatic N) is 3. The quantitative estimate of drug-likeness (QED) is 0.485. The molecular formula is C15H9F4N3O4. The summed E-state index contributed by atoms with van der Waals surface area (Å²) in [6.45, 7) is -0.247. The maximum absolute atomic E-state index is 14.1. The van der Waals surface area contributed by atoms with Gasteiger partial charge in [0, 0.05) is 11.1 Å². The van der Waals surface area contributed by atoms with Crippen molar-refractivity contribution in [3.05, 3.63) is 53.5 Å². The highest BCUT2D eigenvalue weighted by Crippen LogP contribution is 2.30. The van der Waals surface area contributed by atoms with E-state index in [1.165, 1.54) is 18.5 Å². The van der Waals surface area contributed by atoms with Crippen molar-refractivity contribution in [2.45, 2.75) is 12.8 Å². The number of hydrogen-bond acceptors (Lipinski definition) is 7. The van der Waals surface area contributed by atoms with Crippen LogP contribution < -0.4 is 0 Å². The van der Waals surface area contributed by atoms with E-state index in [4.69, 9.17) is 4.74 Å². The predicted octanol–water partition coefficient (Wildman–Crippen LogP) is 3.28. The molecule has 0 spiro atoms. The average Bonchev–Trinajstić information content (AvgIpc) is 3.25. The van der Waals surface area contributed by atoms with Crippen molar-refractivity contribution in [3.63, 3.8) is 0 Å². The third kappa shape index (κ3) is 3.94. The first-order chi connectivity index (χ1) is 12.3. The van der Waals surface area contributed by atoms with Gasteiger partial charge in [0.25, 0.3) is 0 Å². The van der Waals surface area contributed by atoms with Gasteiger partial charge in [-0.15, -0.1) is 0 Å². The van der Waals surface area contributed by atoms with E-state index in [0.717, 1.165) is 12.1 Å². The number of ether oxygens (including phenoxy) is 1. The summed E-state index contributed by atoms with van der Waals surface area (Å²) < 4.78 is 65.3. The van der Waals surface area contributed by atoms with Crippen LogP contribution in [0.5, 0.6) is 0 Å². The Hall–Kier alpha value is -3.08. The van der Waals surface area contributed by atoms with Crippen LogP contribution in [0.25, 0.3) is 11.4 Å². The van der Waals surface area contributed by atoms with E-state index in [9.17, 15) is 22.4 Å². The third-order valence-electron chi connectivity index (χ3n) is 3.19. The van der Waals surface area contributed by atoms with E-state index in [0.29, 0.717) is 5.56 Å². The summed E-state index contributed by atoms with van der Waals surface area (Å²) in [5, 5.41) is 6.56. The van der Waals surface area contributed by atoms with E-state index < -0.39 is 29.5 Å². The van der Waals surface area contributed by atoms with Gasteiger partial charge in [0.1, 0.15) is 18.7 Å². The van der Waals surface area contributed by atoms with Gasteiger partial charge in [-0.05, 0) is 12.1 Å². The molecule has 2 heterocycles. The lowest BCUT2D eigenvalue weighted by molar-refractivity contribution is -0.159. The van der Waals surface area contributed by atoms with Crippen LogP contribution >= 0.6 is 0 Å². The van der Waals surface area contributed by atoms with Crippen molar-refractivity contribution in [2.75, 3.05) is 6.61 Å². The fourth-order valence-electron chi connectivity index (χ4n) is 1.96. The van der Waals surface area contributed by atoms with E-state index >= 15 is 0 Å². The van der Waals surface area contributed by atoms with Crippen molar-refractivity contribution < 1.29 is 36.1 Å². The molecule has 26 heavy (non-hydrogen) atoms. The second-order valence-electron chi connectivity index (χ2n) is 5.06. The molecule has 0 saturated carbocycles. The van der Waals surface area contributed by atoms with Crippen LogP contribution in [-0.2, 0) is 17.5 Å². The molecule has 0 unspecified atom stereocenters. The molecule has 11 heteroatoms. The zero-order chi connectivity index (χ0) is 18.7. The van der Waals surface area contributed by atoms with E-state index in [1.807, 2.05) is 0 Å². The van der Waals surface area contributed by atoms with Gasteiger partial charge in [-0.2, -0.15) is 18.2 Å². The molecule has 0 radical (unpaired) electrons. The van der Waals surface area contributed by atoms with Crippen molar-refractivity contribution in [1.29, 1.82) is 0 Å². The second-order valence-corrected chi connectivity index (χ2v) is 5.06. The second kappa shape index (κ2) is 7.04. The zero-order valence-corrected chi connectivity index (χ0v) is 12.8. The fourth-order valence-corrected chi connectivity index (χ4v) is 1.96. The Balaban J connectivity index is 1.68. The molecule has 1 aromatic carbocycles. The number of aromatic nitrogens is 3. The highest BCUT2D eigenvalue weighted by Gasteiger charge is 2.38. The van der Waals surface area contributed by atoms with E-state index in [2.05, 4.69) is 24.3 Å². The molecule has 0 bridgehead atoms. The lowest BCUT2D eigenvalue weighted by Gasteiger charge is -2.04. The number of carbonyl (C=O) groups is 1. The van der Waals surface area contributed by atoms with Crippen LogP contribution in [0.1, 0.15) is 21.8 Å². The van der Waals surface area contributed by atoms with Crippen molar-refractivity contribution in [2.24, 2.45) is 0 Å². The fraction of sp³-hybridized carbons (Fsp3) is 0.200. The Kier molecular flexibility index (Phi) is 4.80. The van der Waals surface area contributed by atoms with Crippen molar-refractivity contribution in [3.8, 4) is 11.4 Å². The molecular weight excluding hydrogens is 362 g/mol. The maximum Gasteiger partial charge on any atom is 0.471 e. The van der Waals surface area contributed by atoms with E-state index in [1.54, 1.807) is 0 Å². The number of alkyl halides is 3. The molecule has 3 aromatic rings. The Morgan fingerprint density at radius 1 is 1.27 bits per heavy atom. The van der Waals surface area contributed by atoms with Gasteiger partial charge >= 0.3 is 12.1 Å². The number of benzene rings is 1. The standard InChI is InChI=1S/C15H9F4N3O4/c16-11-3-9(12(23)7-24-5-8-4-20-25-6-8)1-2-10(11)13-21-14(26-22-13)15(17,18)19/h1-4,6H,5,7H2. The van der Waals surface area contributed by atoms with Gasteiger partial charge in [0.2, 0.25) is 5.82 Å². The maximum atomic E-state index is 14.1. The van der Waals surface area contributed by atoms with Gasteiger partial charge in [-0.3, -0.25) is 4.79 Å². The lowest BCUT2D eigenvalue weighted by atomic mass is 10.1. The number of Topliss-reactive ketones (excluding diaryl/α,β-unsaturated/α-hetero) is 1. The molecule has 2 aromatic heterocycles. The molecule has 0 saturated heterocycles. The Labute approximate surface area is 142 Å². The topological polar surface area (TPSA) is 91.2 Å². The van der Waals surface area contributed by atoms with Crippen LogP contribution in [-0.4, -0.2) is 27.7 Å². The highest BCUT2D eigenvalue weighted by atomic mass is 19.4. The minimum absolute atomic E-state index is 0.0175. The summed E-state index contributed by atoms with van der Waals surface area (Å²) in [7, 11) is 0. The van der Waals surface area contributed by atoms with Gasteiger partial charge in [0.05, 0.1) is 18.4 Å². The molecule has 136 valence electrons. The zero-order valence-electron chi connectivity index (χ0n) is 12.8. The normalized spacial score (nSPS) is 11.7. The third-order valence-corrected chi connectivity index (χ3v) is 3.19. The molecule has 0 aliphatic heterocycles. The van der Waals surface area contributed by atoms with E-state index in [-0.39, 0.29) is 24.3 Å². The monoisotopic (exact) mass is 371 g/mol. The summed E-state index contributed by atoms with van der Waals surface area (Å²) in [4.78, 5) is 15.1. The predicted molar refractivity (Wildman–Crippen MR) is 75.2 cm³/mol. The van der Waals surface area contributed by atoms with Gasteiger partial charge < -0.3 is 13.8 Å². The highest BCUT2D eigenvalue weighted by molar-refractivity contribution is 5.97. The van der Waals surface area contributed by atoms with Crippen LogP contribution in [0.15, 0.2) is 39.7 Å². The summed E-state index contributed by atoms with van der Waals surface area (Å²) >= 11 is 0. The number of halogens is 4. The number of rotatable bonds is 6. The molecule has 7 nitrogen and oxygen atoms in total. The van der Waals surface area contributed by atoms with Gasteiger partial charge in [-0.25, -0.2) is 4.39 Å². The molecule has 0 N–H and O–H groups in total. The van der Waals surface area contributed by atoms with Gasteiger partial charge in [-0.1, -0.05) is 16.4 Å². The molecule has 3 rings (SSSR count). The summed E-state index contributed by atoms with van der Waals surface area (Å²) in [6.07, 6.45) is -2.07. The summed E-state index contributed by atoms with van der Waals surface area (Å²) in [5.41, 5.74) is 0.277. The number of carbonyl (C=O) groups excluding carboxylic acids is 1. The van der Waals surface area contributed by atoms with Crippen LogP contribution in [0.4, 0.5) is 17.6 Å². The minimum Gasteiger partial charge on any atom is -0.368 e. The Bertz CT molecular complexity index is 906. The first-order valence-corrected chi connectivity index (χ1v) is 7.04. The van der Waals surface area contributed by atoms with Crippen LogP contribution in [0, 0.1) is 5.82 Å². The molecule has 0 amide bonds. The number of ketones is 1. The summed E-state index contributed by atoms with van der Waals surface area (Å²) in [6, 6.07) is 3.19. The van der Waals surface area contributed by atoms with Crippen molar-refractivity contribution >= 4 is 5.78 Å². The average molecular weight is 371 g/mol. The smallest absolute Gasteiger partial charge is 0.368 e. The van der Waals surface area contributed by atoms with Crippen LogP contribution in [0.3, 0.4) is 0 Å². The first-order valence-electron chi connectivity index (χ1n) is 7.04. The SMILES string of the molecule is O=C(COCc1cnoc1)c1ccc(-c2noc(C(F)(F)F)n2)c(F)c1. The minimum atomic E-state index is -4.83. The Morgan fingerprint density at radius 3 is 2.69 bits per heavy atom. The molecule has 0 aliphatic rings. The number of hydrogen-bond donors (Lipinski definition) is 0.